The van der Waals surface area contributed by atoms with Crippen molar-refractivity contribution in [1.82, 2.24) is 9.80 Å². The van der Waals surface area contributed by atoms with Crippen LogP contribution in [-0.4, -0.2) is 61.1 Å². The molecule has 0 aromatic carbocycles. The largest absolute Gasteiger partial charge is 0.380 e. The highest BCUT2D eigenvalue weighted by Crippen LogP contribution is 2.22. The molecule has 2 atom stereocenters. The Morgan fingerprint density at radius 1 is 1.10 bits per heavy atom. The Kier molecular flexibility index (Phi) is 4.73. The van der Waals surface area contributed by atoms with Gasteiger partial charge in [0, 0.05) is 44.7 Å². The van der Waals surface area contributed by atoms with Crippen molar-refractivity contribution in [3.05, 3.63) is 12.2 Å². The van der Waals surface area contributed by atoms with Crippen LogP contribution >= 0.6 is 0 Å². The summed E-state index contributed by atoms with van der Waals surface area (Å²) in [4.78, 5) is 17.2. The van der Waals surface area contributed by atoms with E-state index in [1.165, 1.54) is 0 Å². The van der Waals surface area contributed by atoms with Gasteiger partial charge in [-0.1, -0.05) is 12.2 Å². The highest BCUT2D eigenvalue weighted by atomic mass is 16.5. The lowest BCUT2D eigenvalue weighted by atomic mass is 9.93. The number of carbonyl (C=O) groups is 1. The molecule has 4 heteroatoms. The van der Waals surface area contributed by atoms with Crippen LogP contribution in [0.3, 0.4) is 0 Å². The number of amides is 1. The van der Waals surface area contributed by atoms with Crippen molar-refractivity contribution in [2.45, 2.75) is 38.1 Å². The van der Waals surface area contributed by atoms with E-state index in [1.807, 2.05) is 0 Å². The fraction of sp³-hybridized carbons (Fsp3) is 0.812. The van der Waals surface area contributed by atoms with E-state index in [2.05, 4.69) is 22.0 Å². The molecular formula is C16H26N2O2. The molecule has 1 amide bonds. The zero-order chi connectivity index (χ0) is 13.8. The summed E-state index contributed by atoms with van der Waals surface area (Å²) in [5, 5.41) is 0. The summed E-state index contributed by atoms with van der Waals surface area (Å²) in [5.41, 5.74) is 0. The SMILES string of the molecule is O=C(C1CC=CCC1)N1CCCN(C2CCOC2)CC1. The van der Waals surface area contributed by atoms with Gasteiger partial charge in [-0.15, -0.1) is 0 Å². The molecule has 2 saturated heterocycles. The highest BCUT2D eigenvalue weighted by Gasteiger charge is 2.29. The molecule has 2 heterocycles. The van der Waals surface area contributed by atoms with Crippen LogP contribution in [0.1, 0.15) is 32.1 Å². The Hall–Kier alpha value is -0.870. The van der Waals surface area contributed by atoms with E-state index in [0.29, 0.717) is 11.9 Å². The maximum atomic E-state index is 12.6. The smallest absolute Gasteiger partial charge is 0.226 e. The van der Waals surface area contributed by atoms with Gasteiger partial charge >= 0.3 is 0 Å². The molecule has 0 aromatic heterocycles. The van der Waals surface area contributed by atoms with Gasteiger partial charge in [0.2, 0.25) is 5.91 Å². The monoisotopic (exact) mass is 278 g/mol. The normalized spacial score (nSPS) is 32.3. The summed E-state index contributed by atoms with van der Waals surface area (Å²) < 4.78 is 5.49. The molecule has 4 nitrogen and oxygen atoms in total. The summed E-state index contributed by atoms with van der Waals surface area (Å²) in [7, 11) is 0. The first kappa shape index (κ1) is 14.1. The van der Waals surface area contributed by atoms with E-state index in [1.54, 1.807) is 0 Å². The van der Waals surface area contributed by atoms with Crippen LogP contribution in [0.15, 0.2) is 12.2 Å². The summed E-state index contributed by atoms with van der Waals surface area (Å²) in [5.74, 6) is 0.625. The molecule has 0 radical (unpaired) electrons. The predicted octanol–water partition coefficient (Wildman–Crippen LogP) is 1.67. The van der Waals surface area contributed by atoms with Gasteiger partial charge in [-0.3, -0.25) is 9.69 Å². The second kappa shape index (κ2) is 6.72. The number of rotatable bonds is 2. The zero-order valence-corrected chi connectivity index (χ0v) is 12.3. The number of hydrogen-bond donors (Lipinski definition) is 0. The topological polar surface area (TPSA) is 32.8 Å². The van der Waals surface area contributed by atoms with Gasteiger partial charge in [0.1, 0.15) is 0 Å². The molecule has 3 aliphatic rings. The molecule has 2 fully saturated rings. The standard InChI is InChI=1S/C16H26N2O2/c19-16(14-5-2-1-3-6-14)18-9-4-8-17(10-11-18)15-7-12-20-13-15/h1-2,14-15H,3-13H2. The molecule has 20 heavy (non-hydrogen) atoms. The van der Waals surface area contributed by atoms with Crippen molar-refractivity contribution in [2.24, 2.45) is 5.92 Å². The number of hydrogen-bond acceptors (Lipinski definition) is 3. The number of ether oxygens (including phenoxy) is 1. The quantitative estimate of drug-likeness (QED) is 0.720. The minimum Gasteiger partial charge on any atom is -0.380 e. The maximum absolute atomic E-state index is 12.6. The van der Waals surface area contributed by atoms with E-state index >= 15 is 0 Å². The number of allylic oxidation sites excluding steroid dienone is 2. The molecule has 1 aliphatic carbocycles. The molecule has 0 spiro atoms. The lowest BCUT2D eigenvalue weighted by Crippen LogP contribution is -2.41. The third-order valence-corrected chi connectivity index (χ3v) is 4.88. The number of carbonyl (C=O) groups excluding carboxylic acids is 1. The van der Waals surface area contributed by atoms with Gasteiger partial charge in [-0.2, -0.15) is 0 Å². The van der Waals surface area contributed by atoms with Crippen molar-refractivity contribution in [1.29, 1.82) is 0 Å². The minimum atomic E-state index is 0.237. The Balaban J connectivity index is 1.53. The van der Waals surface area contributed by atoms with Gasteiger partial charge in [-0.25, -0.2) is 0 Å². The predicted molar refractivity (Wildman–Crippen MR) is 78.5 cm³/mol. The molecule has 0 bridgehead atoms. The molecule has 2 aliphatic heterocycles. The van der Waals surface area contributed by atoms with E-state index in [0.717, 1.165) is 71.5 Å². The molecule has 3 rings (SSSR count). The van der Waals surface area contributed by atoms with Gasteiger partial charge in [0.25, 0.3) is 0 Å². The van der Waals surface area contributed by atoms with Crippen LogP contribution < -0.4 is 0 Å². The zero-order valence-electron chi connectivity index (χ0n) is 12.3. The first-order valence-corrected chi connectivity index (χ1v) is 8.10. The fourth-order valence-electron chi connectivity index (χ4n) is 3.61. The number of nitrogens with zero attached hydrogens (tertiary/aromatic N) is 2. The van der Waals surface area contributed by atoms with Gasteiger partial charge in [0.15, 0.2) is 0 Å². The van der Waals surface area contributed by atoms with Crippen LogP contribution in [0.25, 0.3) is 0 Å². The molecule has 0 N–H and O–H groups in total. The lowest BCUT2D eigenvalue weighted by molar-refractivity contribution is -0.135. The third kappa shape index (κ3) is 3.23. The summed E-state index contributed by atoms with van der Waals surface area (Å²) >= 11 is 0. The molecule has 112 valence electrons. The van der Waals surface area contributed by atoms with Gasteiger partial charge in [-0.05, 0) is 32.1 Å². The third-order valence-electron chi connectivity index (χ3n) is 4.88. The summed E-state index contributed by atoms with van der Waals surface area (Å²) in [6.07, 6.45) is 9.67. The van der Waals surface area contributed by atoms with Crippen molar-refractivity contribution < 1.29 is 9.53 Å². The van der Waals surface area contributed by atoms with Gasteiger partial charge in [0.05, 0.1) is 6.61 Å². The Morgan fingerprint density at radius 3 is 2.80 bits per heavy atom. The highest BCUT2D eigenvalue weighted by molar-refractivity contribution is 5.79. The van der Waals surface area contributed by atoms with Crippen molar-refractivity contribution in [3.8, 4) is 0 Å². The molecule has 0 aromatic rings. The Bertz CT molecular complexity index is 363. The first-order valence-electron chi connectivity index (χ1n) is 8.10. The second-order valence-electron chi connectivity index (χ2n) is 6.21. The van der Waals surface area contributed by atoms with E-state index < -0.39 is 0 Å². The van der Waals surface area contributed by atoms with Crippen molar-refractivity contribution in [2.75, 3.05) is 39.4 Å². The van der Waals surface area contributed by atoms with Crippen LogP contribution in [0.2, 0.25) is 0 Å². The average Bonchev–Trinajstić information content (AvgIpc) is 2.92. The van der Waals surface area contributed by atoms with Crippen LogP contribution in [0.4, 0.5) is 0 Å². The van der Waals surface area contributed by atoms with Crippen LogP contribution in [0, 0.1) is 5.92 Å². The van der Waals surface area contributed by atoms with Crippen molar-refractivity contribution >= 4 is 5.91 Å². The fourth-order valence-corrected chi connectivity index (χ4v) is 3.61. The first-order chi connectivity index (χ1) is 9.84. The summed E-state index contributed by atoms with van der Waals surface area (Å²) in [6, 6.07) is 0.586. The lowest BCUT2D eigenvalue weighted by Gasteiger charge is -2.28. The van der Waals surface area contributed by atoms with Crippen LogP contribution in [0.5, 0.6) is 0 Å². The van der Waals surface area contributed by atoms with Gasteiger partial charge < -0.3 is 9.64 Å². The maximum Gasteiger partial charge on any atom is 0.226 e. The Labute approximate surface area is 121 Å². The van der Waals surface area contributed by atoms with E-state index in [4.69, 9.17) is 4.74 Å². The Morgan fingerprint density at radius 2 is 2.05 bits per heavy atom. The van der Waals surface area contributed by atoms with Crippen LogP contribution in [-0.2, 0) is 9.53 Å². The summed E-state index contributed by atoms with van der Waals surface area (Å²) in [6.45, 7) is 5.74. The van der Waals surface area contributed by atoms with Crippen molar-refractivity contribution in [3.63, 3.8) is 0 Å². The minimum absolute atomic E-state index is 0.237. The average molecular weight is 278 g/mol. The second-order valence-corrected chi connectivity index (χ2v) is 6.21. The van der Waals surface area contributed by atoms with E-state index in [-0.39, 0.29) is 5.92 Å². The molecule has 0 saturated carbocycles. The molecular weight excluding hydrogens is 252 g/mol. The van der Waals surface area contributed by atoms with E-state index in [9.17, 15) is 4.79 Å². The molecule has 2 unspecified atom stereocenters.